The third kappa shape index (κ3) is 2.15. The summed E-state index contributed by atoms with van der Waals surface area (Å²) in [5, 5.41) is 31.9. The van der Waals surface area contributed by atoms with Crippen LogP contribution in [-0.2, 0) is 0 Å². The molecule has 0 bridgehead atoms. The molecule has 0 amide bonds. The maximum absolute atomic E-state index is 11.3. The summed E-state index contributed by atoms with van der Waals surface area (Å²) in [7, 11) is 0. The molecule has 0 unspecified atom stereocenters. The average Bonchev–Trinajstić information content (AvgIpc) is 2.82. The van der Waals surface area contributed by atoms with Crippen LogP contribution in [0.15, 0.2) is 0 Å². The normalized spacial score (nSPS) is 59.6. The van der Waals surface area contributed by atoms with E-state index in [1.54, 1.807) is 6.92 Å². The average molecular weight is 351 g/mol. The number of aliphatic hydroxyl groups excluding tert-OH is 2. The van der Waals surface area contributed by atoms with Gasteiger partial charge >= 0.3 is 0 Å². The van der Waals surface area contributed by atoms with E-state index >= 15 is 0 Å². The lowest BCUT2D eigenvalue weighted by molar-refractivity contribution is -0.203. The van der Waals surface area contributed by atoms with Gasteiger partial charge in [0.25, 0.3) is 0 Å². The predicted molar refractivity (Wildman–Crippen MR) is 99.0 cm³/mol. The molecule has 0 aliphatic heterocycles. The van der Waals surface area contributed by atoms with E-state index in [-0.39, 0.29) is 16.9 Å². The highest BCUT2D eigenvalue weighted by Gasteiger charge is 2.67. The van der Waals surface area contributed by atoms with Gasteiger partial charge in [-0.15, -0.1) is 0 Å². The van der Waals surface area contributed by atoms with Crippen LogP contribution in [0.5, 0.6) is 0 Å². The third-order valence-electron chi connectivity index (χ3n) is 10.3. The van der Waals surface area contributed by atoms with Crippen LogP contribution in [0.25, 0.3) is 0 Å². The first-order valence-electron chi connectivity index (χ1n) is 10.7. The molecule has 4 fully saturated rings. The smallest absolute Gasteiger partial charge is 0.0958 e. The van der Waals surface area contributed by atoms with Crippen molar-refractivity contribution < 1.29 is 15.3 Å². The largest absolute Gasteiger partial charge is 0.393 e. The highest BCUT2D eigenvalue weighted by atomic mass is 16.3. The van der Waals surface area contributed by atoms with Gasteiger partial charge in [-0.2, -0.15) is 0 Å². The van der Waals surface area contributed by atoms with E-state index < -0.39 is 11.7 Å². The molecule has 3 nitrogen and oxygen atoms in total. The summed E-state index contributed by atoms with van der Waals surface area (Å²) in [5.74, 6) is 1.94. The first kappa shape index (κ1) is 18.3. The Kier molecular flexibility index (Phi) is 3.98. The second-order valence-electron chi connectivity index (χ2n) is 10.9. The fraction of sp³-hybridized carbons (Fsp3) is 1.00. The molecule has 0 aromatic rings. The molecule has 0 aromatic carbocycles. The molecule has 0 aromatic heterocycles. The molecule has 0 heterocycles. The second kappa shape index (κ2) is 5.45. The minimum absolute atomic E-state index is 0.115. The summed E-state index contributed by atoms with van der Waals surface area (Å²) in [6.45, 7) is 8.98. The van der Waals surface area contributed by atoms with Gasteiger partial charge in [-0.3, -0.25) is 0 Å². The number of fused-ring (bicyclic) bond motifs is 5. The van der Waals surface area contributed by atoms with Crippen molar-refractivity contribution in [1.29, 1.82) is 0 Å². The first-order chi connectivity index (χ1) is 11.6. The second-order valence-corrected chi connectivity index (χ2v) is 10.9. The topological polar surface area (TPSA) is 60.7 Å². The van der Waals surface area contributed by atoms with Crippen LogP contribution in [-0.4, -0.2) is 33.1 Å². The van der Waals surface area contributed by atoms with E-state index in [0.29, 0.717) is 23.2 Å². The summed E-state index contributed by atoms with van der Waals surface area (Å²) >= 11 is 0. The van der Waals surface area contributed by atoms with Crippen molar-refractivity contribution in [1.82, 2.24) is 0 Å². The summed E-state index contributed by atoms with van der Waals surface area (Å²) in [5.41, 5.74) is -0.464. The highest BCUT2D eigenvalue weighted by molar-refractivity contribution is 5.16. The molecule has 144 valence electrons. The van der Waals surface area contributed by atoms with Gasteiger partial charge in [0.15, 0.2) is 0 Å². The van der Waals surface area contributed by atoms with E-state index in [9.17, 15) is 15.3 Å². The Hall–Kier alpha value is -0.120. The van der Waals surface area contributed by atoms with E-state index in [2.05, 4.69) is 20.8 Å². The Bertz CT molecular complexity index is 547. The zero-order valence-electron chi connectivity index (χ0n) is 16.6. The minimum Gasteiger partial charge on any atom is -0.393 e. The van der Waals surface area contributed by atoms with Crippen LogP contribution in [0.3, 0.4) is 0 Å². The van der Waals surface area contributed by atoms with Crippen LogP contribution in [0, 0.1) is 34.0 Å². The van der Waals surface area contributed by atoms with Gasteiger partial charge in [0.05, 0.1) is 17.8 Å². The maximum Gasteiger partial charge on any atom is 0.0958 e. The van der Waals surface area contributed by atoms with Gasteiger partial charge in [-0.05, 0) is 93.3 Å². The lowest BCUT2D eigenvalue weighted by Crippen LogP contribution is -2.61. The molecule has 9 atom stereocenters. The molecule has 0 radical (unpaired) electrons. The molecule has 4 aliphatic rings. The Morgan fingerprint density at radius 3 is 2.12 bits per heavy atom. The quantitative estimate of drug-likeness (QED) is 0.672. The molecule has 3 heteroatoms. The van der Waals surface area contributed by atoms with Gasteiger partial charge in [0, 0.05) is 5.41 Å². The fourth-order valence-electron chi connectivity index (χ4n) is 8.35. The lowest BCUT2D eigenvalue weighted by Gasteiger charge is -2.65. The minimum atomic E-state index is -0.910. The predicted octanol–water partition coefficient (Wildman–Crippen LogP) is 3.89. The van der Waals surface area contributed by atoms with E-state index in [4.69, 9.17) is 0 Å². The lowest BCUT2D eigenvalue weighted by atomic mass is 9.40. The van der Waals surface area contributed by atoms with Crippen LogP contribution in [0.1, 0.15) is 85.5 Å². The summed E-state index contributed by atoms with van der Waals surface area (Å²) < 4.78 is 0. The van der Waals surface area contributed by atoms with E-state index in [1.165, 1.54) is 19.3 Å². The Morgan fingerprint density at radius 2 is 1.44 bits per heavy atom. The molecular formula is C22H38O3. The standard InChI is InChI=1S/C22H38O3/c1-14(23)22(25)12-8-18-16-6-9-19(2)13-15(24)5-10-20(19,3)17(16)7-11-21(18,22)4/h14-18,23-25H,5-13H2,1-4H3/t14-,15+,16-,17+,18+,19+,20-,21+,22+/m1/s1. The Balaban J connectivity index is 1.67. The zero-order chi connectivity index (χ0) is 18.3. The van der Waals surface area contributed by atoms with Crippen LogP contribution >= 0.6 is 0 Å². The van der Waals surface area contributed by atoms with Gasteiger partial charge in [-0.1, -0.05) is 20.8 Å². The van der Waals surface area contributed by atoms with Crippen molar-refractivity contribution in [2.45, 2.75) is 103 Å². The van der Waals surface area contributed by atoms with Crippen molar-refractivity contribution in [2.75, 3.05) is 0 Å². The fourth-order valence-corrected chi connectivity index (χ4v) is 8.35. The van der Waals surface area contributed by atoms with E-state index in [1.807, 2.05) is 0 Å². The monoisotopic (exact) mass is 350 g/mol. The number of aliphatic hydroxyl groups is 3. The Morgan fingerprint density at radius 1 is 0.840 bits per heavy atom. The van der Waals surface area contributed by atoms with Crippen LogP contribution < -0.4 is 0 Å². The molecule has 0 saturated heterocycles. The molecule has 4 saturated carbocycles. The van der Waals surface area contributed by atoms with Gasteiger partial charge in [0.2, 0.25) is 0 Å². The SMILES string of the molecule is C[C@@H](O)[C@@]1(O)CC[C@H]2[C@@H]3CC[C@@]4(C)C[C@@H](O)CC[C@]4(C)[C@H]3CC[C@@]21C. The van der Waals surface area contributed by atoms with Crippen molar-refractivity contribution in [3.63, 3.8) is 0 Å². The molecule has 0 spiro atoms. The van der Waals surface area contributed by atoms with Gasteiger partial charge < -0.3 is 15.3 Å². The van der Waals surface area contributed by atoms with Gasteiger partial charge in [0.1, 0.15) is 0 Å². The molecule has 3 N–H and O–H groups in total. The molecule has 4 aliphatic carbocycles. The van der Waals surface area contributed by atoms with Crippen molar-refractivity contribution in [3.05, 3.63) is 0 Å². The first-order valence-corrected chi connectivity index (χ1v) is 10.7. The number of hydrogen-bond donors (Lipinski definition) is 3. The van der Waals surface area contributed by atoms with E-state index in [0.717, 1.165) is 38.5 Å². The summed E-state index contributed by atoms with van der Waals surface area (Å²) in [6, 6.07) is 0. The van der Waals surface area contributed by atoms with Gasteiger partial charge in [-0.25, -0.2) is 0 Å². The zero-order valence-corrected chi connectivity index (χ0v) is 16.6. The molecular weight excluding hydrogens is 312 g/mol. The summed E-state index contributed by atoms with van der Waals surface area (Å²) in [6.07, 6.45) is 8.78. The van der Waals surface area contributed by atoms with Crippen molar-refractivity contribution >= 4 is 0 Å². The maximum atomic E-state index is 11.3. The van der Waals surface area contributed by atoms with Crippen molar-refractivity contribution in [2.24, 2.45) is 34.0 Å². The highest BCUT2D eigenvalue weighted by Crippen LogP contribution is 2.71. The number of hydrogen-bond acceptors (Lipinski definition) is 3. The van der Waals surface area contributed by atoms with Crippen LogP contribution in [0.2, 0.25) is 0 Å². The number of rotatable bonds is 1. The molecule has 4 rings (SSSR count). The Labute approximate surface area is 153 Å². The molecule has 25 heavy (non-hydrogen) atoms. The van der Waals surface area contributed by atoms with Crippen molar-refractivity contribution in [3.8, 4) is 0 Å². The summed E-state index contributed by atoms with van der Waals surface area (Å²) in [4.78, 5) is 0. The van der Waals surface area contributed by atoms with Crippen LogP contribution in [0.4, 0.5) is 0 Å². The third-order valence-corrected chi connectivity index (χ3v) is 10.3.